The van der Waals surface area contributed by atoms with E-state index >= 15 is 0 Å². The molecule has 2 unspecified atom stereocenters. The number of hydrogen-bond acceptors (Lipinski definition) is 4. The Morgan fingerprint density at radius 1 is 1.55 bits per heavy atom. The van der Waals surface area contributed by atoms with Gasteiger partial charge < -0.3 is 15.2 Å². The van der Waals surface area contributed by atoms with E-state index in [1.807, 2.05) is 24.3 Å². The van der Waals surface area contributed by atoms with E-state index in [4.69, 9.17) is 4.74 Å². The maximum Gasteiger partial charge on any atom is 0.323 e. The van der Waals surface area contributed by atoms with E-state index in [1.165, 1.54) is 0 Å². The molecule has 0 radical (unpaired) electrons. The van der Waals surface area contributed by atoms with Crippen LogP contribution in [0.2, 0.25) is 0 Å². The second kappa shape index (κ2) is 6.50. The average molecular weight is 295 g/mol. The molecule has 110 valence electrons. The first kappa shape index (κ1) is 15.2. The van der Waals surface area contributed by atoms with Crippen LogP contribution in [0.1, 0.15) is 25.7 Å². The van der Waals surface area contributed by atoms with Gasteiger partial charge in [-0.1, -0.05) is 6.07 Å². The Morgan fingerprint density at radius 2 is 2.35 bits per heavy atom. The van der Waals surface area contributed by atoms with Crippen molar-refractivity contribution in [3.8, 4) is 5.75 Å². The van der Waals surface area contributed by atoms with E-state index < -0.39 is 11.5 Å². The quantitative estimate of drug-likeness (QED) is 0.875. The monoisotopic (exact) mass is 295 g/mol. The first-order valence-electron chi connectivity index (χ1n) is 6.82. The normalized spacial score (nSPS) is 26.2. The number of carbonyl (C=O) groups is 1. The predicted octanol–water partition coefficient (Wildman–Crippen LogP) is 2.77. The summed E-state index contributed by atoms with van der Waals surface area (Å²) in [5, 5.41) is 12.8. The van der Waals surface area contributed by atoms with Crippen molar-refractivity contribution >= 4 is 17.7 Å². The number of methoxy groups -OCH3 is 1. The van der Waals surface area contributed by atoms with Gasteiger partial charge in [0.1, 0.15) is 11.3 Å². The lowest BCUT2D eigenvalue weighted by atomic mass is 9.81. The maximum atomic E-state index is 11.5. The van der Waals surface area contributed by atoms with Gasteiger partial charge in [0, 0.05) is 10.1 Å². The van der Waals surface area contributed by atoms with Crippen LogP contribution in [-0.4, -0.2) is 36.0 Å². The molecule has 0 heterocycles. The molecule has 0 aliphatic heterocycles. The number of likely N-dealkylation sites (N-methyl/N-ethyl adjacent to an activating group) is 1. The fourth-order valence-electron chi connectivity index (χ4n) is 2.72. The fraction of sp³-hybridized carbons (Fsp3) is 0.533. The standard InChI is InChI=1S/C15H21NO3S/c1-16-15(14(17)18)8-4-7-13(10-15)20-12-6-3-5-11(9-12)19-2/h3,5-6,9,13,16H,4,7-8,10H2,1-2H3,(H,17,18). The minimum absolute atomic E-state index is 0.319. The summed E-state index contributed by atoms with van der Waals surface area (Å²) in [5.41, 5.74) is -0.769. The Bertz CT molecular complexity index is 480. The molecule has 4 nitrogen and oxygen atoms in total. The average Bonchev–Trinajstić information content (AvgIpc) is 2.47. The van der Waals surface area contributed by atoms with Crippen molar-refractivity contribution in [3.05, 3.63) is 24.3 Å². The molecule has 0 saturated heterocycles. The van der Waals surface area contributed by atoms with Crippen LogP contribution in [0.3, 0.4) is 0 Å². The first-order valence-corrected chi connectivity index (χ1v) is 7.70. The number of ether oxygens (including phenoxy) is 1. The molecule has 2 rings (SSSR count). The van der Waals surface area contributed by atoms with Gasteiger partial charge in [-0.25, -0.2) is 0 Å². The maximum absolute atomic E-state index is 11.5. The number of thioether (sulfide) groups is 1. The lowest BCUT2D eigenvalue weighted by molar-refractivity contribution is -0.146. The van der Waals surface area contributed by atoms with Gasteiger partial charge in [-0.15, -0.1) is 11.8 Å². The Morgan fingerprint density at radius 3 is 3.00 bits per heavy atom. The van der Waals surface area contributed by atoms with Crippen LogP contribution in [0.5, 0.6) is 5.75 Å². The minimum Gasteiger partial charge on any atom is -0.497 e. The largest absolute Gasteiger partial charge is 0.497 e. The van der Waals surface area contributed by atoms with Crippen molar-refractivity contribution in [1.82, 2.24) is 5.32 Å². The van der Waals surface area contributed by atoms with Crippen molar-refractivity contribution < 1.29 is 14.6 Å². The number of hydrogen-bond donors (Lipinski definition) is 2. The number of aliphatic carboxylic acids is 1. The summed E-state index contributed by atoms with van der Waals surface area (Å²) < 4.78 is 5.22. The highest BCUT2D eigenvalue weighted by molar-refractivity contribution is 8.00. The molecular weight excluding hydrogens is 274 g/mol. The summed E-state index contributed by atoms with van der Waals surface area (Å²) in [7, 11) is 3.40. The zero-order valence-corrected chi connectivity index (χ0v) is 12.7. The molecule has 0 spiro atoms. The van der Waals surface area contributed by atoms with Crippen molar-refractivity contribution in [2.45, 2.75) is 41.4 Å². The van der Waals surface area contributed by atoms with Crippen LogP contribution >= 0.6 is 11.8 Å². The van der Waals surface area contributed by atoms with E-state index in [2.05, 4.69) is 5.32 Å². The Hall–Kier alpha value is -1.20. The molecule has 0 bridgehead atoms. The summed E-state index contributed by atoms with van der Waals surface area (Å²) >= 11 is 1.75. The van der Waals surface area contributed by atoms with Crippen molar-refractivity contribution in [1.29, 1.82) is 0 Å². The van der Waals surface area contributed by atoms with Crippen LogP contribution in [0, 0.1) is 0 Å². The minimum atomic E-state index is -0.769. The predicted molar refractivity (Wildman–Crippen MR) is 80.5 cm³/mol. The second-order valence-electron chi connectivity index (χ2n) is 5.15. The highest BCUT2D eigenvalue weighted by Gasteiger charge is 2.41. The summed E-state index contributed by atoms with van der Waals surface area (Å²) in [6.45, 7) is 0. The number of carboxylic acids is 1. The lowest BCUT2D eigenvalue weighted by Crippen LogP contribution is -2.53. The van der Waals surface area contributed by atoms with Crippen molar-refractivity contribution in [2.75, 3.05) is 14.2 Å². The van der Waals surface area contributed by atoms with Gasteiger partial charge >= 0.3 is 5.97 Å². The molecule has 1 aromatic carbocycles. The molecule has 0 aromatic heterocycles. The Balaban J connectivity index is 2.07. The van der Waals surface area contributed by atoms with Gasteiger partial charge in [-0.2, -0.15) is 0 Å². The molecular formula is C15H21NO3S. The molecule has 0 amide bonds. The third-order valence-corrected chi connectivity index (χ3v) is 5.20. The molecule has 1 aliphatic carbocycles. The zero-order chi connectivity index (χ0) is 14.6. The number of carboxylic acid groups (broad SMARTS) is 1. The lowest BCUT2D eigenvalue weighted by Gasteiger charge is -2.37. The second-order valence-corrected chi connectivity index (χ2v) is 6.53. The smallest absolute Gasteiger partial charge is 0.323 e. The summed E-state index contributed by atoms with van der Waals surface area (Å²) in [6, 6.07) is 7.93. The van der Waals surface area contributed by atoms with Gasteiger partial charge in [0.15, 0.2) is 0 Å². The topological polar surface area (TPSA) is 58.6 Å². The molecule has 1 aromatic rings. The molecule has 1 fully saturated rings. The summed E-state index contributed by atoms with van der Waals surface area (Å²) in [4.78, 5) is 12.6. The number of rotatable bonds is 5. The van der Waals surface area contributed by atoms with Crippen LogP contribution in [0.4, 0.5) is 0 Å². The Kier molecular flexibility index (Phi) is 4.94. The summed E-state index contributed by atoms with van der Waals surface area (Å²) in [5.74, 6) is 0.0971. The molecule has 1 aliphatic rings. The highest BCUT2D eigenvalue weighted by Crippen LogP contribution is 2.39. The summed E-state index contributed by atoms with van der Waals surface area (Å²) in [6.07, 6.45) is 3.35. The highest BCUT2D eigenvalue weighted by atomic mass is 32.2. The van der Waals surface area contributed by atoms with Crippen molar-refractivity contribution in [2.24, 2.45) is 0 Å². The van der Waals surface area contributed by atoms with Crippen LogP contribution < -0.4 is 10.1 Å². The third-order valence-electron chi connectivity index (χ3n) is 3.94. The zero-order valence-electron chi connectivity index (χ0n) is 11.9. The van der Waals surface area contributed by atoms with E-state index in [9.17, 15) is 9.90 Å². The van der Waals surface area contributed by atoms with Gasteiger partial charge in [0.2, 0.25) is 0 Å². The van der Waals surface area contributed by atoms with E-state index in [-0.39, 0.29) is 0 Å². The first-order chi connectivity index (χ1) is 9.59. The molecule has 2 N–H and O–H groups in total. The van der Waals surface area contributed by atoms with Crippen molar-refractivity contribution in [3.63, 3.8) is 0 Å². The van der Waals surface area contributed by atoms with E-state index in [0.717, 1.165) is 23.5 Å². The number of nitrogens with one attached hydrogen (secondary N) is 1. The molecule has 1 saturated carbocycles. The van der Waals surface area contributed by atoms with Gasteiger partial charge in [-0.05, 0) is 50.9 Å². The molecule has 20 heavy (non-hydrogen) atoms. The van der Waals surface area contributed by atoms with Crippen LogP contribution in [0.25, 0.3) is 0 Å². The fourth-order valence-corrected chi connectivity index (χ4v) is 4.10. The SMILES string of the molecule is CNC1(C(=O)O)CCCC(Sc2cccc(OC)c2)C1. The Labute approximate surface area is 123 Å². The van der Waals surface area contributed by atoms with Crippen LogP contribution in [0.15, 0.2) is 29.2 Å². The van der Waals surface area contributed by atoms with Gasteiger partial charge in [0.05, 0.1) is 7.11 Å². The molecule has 5 heteroatoms. The van der Waals surface area contributed by atoms with E-state index in [0.29, 0.717) is 18.1 Å². The number of benzene rings is 1. The third kappa shape index (κ3) is 3.27. The molecule has 2 atom stereocenters. The van der Waals surface area contributed by atoms with Crippen LogP contribution in [-0.2, 0) is 4.79 Å². The van der Waals surface area contributed by atoms with Gasteiger partial charge in [0.25, 0.3) is 0 Å². The van der Waals surface area contributed by atoms with E-state index in [1.54, 1.807) is 25.9 Å². The van der Waals surface area contributed by atoms with Gasteiger partial charge in [-0.3, -0.25) is 4.79 Å².